The van der Waals surface area contributed by atoms with Gasteiger partial charge in [0.1, 0.15) is 22.5 Å². The summed E-state index contributed by atoms with van der Waals surface area (Å²) in [5.74, 6) is 0.795. The van der Waals surface area contributed by atoms with E-state index in [1.54, 1.807) is 0 Å². The van der Waals surface area contributed by atoms with Gasteiger partial charge in [-0.15, -0.1) is 0 Å². The number of hydrogen-bond acceptors (Lipinski definition) is 2. The van der Waals surface area contributed by atoms with Crippen LogP contribution in [0.25, 0.3) is 88.4 Å². The van der Waals surface area contributed by atoms with Gasteiger partial charge in [0.25, 0.3) is 0 Å². The van der Waals surface area contributed by atoms with Crippen molar-refractivity contribution < 1.29 is 8.83 Å². The van der Waals surface area contributed by atoms with Gasteiger partial charge >= 0.3 is 0 Å². The predicted octanol–water partition coefficient (Wildman–Crippen LogP) is 14.9. The van der Waals surface area contributed by atoms with Gasteiger partial charge in [-0.05, 0) is 79.7 Å². The average molecular weight is 693 g/mol. The number of hydrogen-bond donors (Lipinski definition) is 0. The van der Waals surface area contributed by atoms with E-state index in [0.29, 0.717) is 0 Å². The van der Waals surface area contributed by atoms with Crippen LogP contribution in [0.3, 0.4) is 0 Å². The summed E-state index contributed by atoms with van der Waals surface area (Å²) in [5, 5.41) is 8.03. The van der Waals surface area contributed by atoms with E-state index in [1.165, 1.54) is 21.9 Å². The van der Waals surface area contributed by atoms with Crippen molar-refractivity contribution >= 4 is 66.1 Å². The normalized spacial score (nSPS) is 11.9. The molecule has 0 radical (unpaired) electrons. The van der Waals surface area contributed by atoms with Crippen molar-refractivity contribution in [2.75, 3.05) is 0 Å². The maximum absolute atomic E-state index is 6.38. The Morgan fingerprint density at radius 3 is 1.87 bits per heavy atom. The molecule has 54 heavy (non-hydrogen) atoms. The molecule has 0 aliphatic rings. The average Bonchev–Trinajstić information content (AvgIpc) is 3.78. The summed E-state index contributed by atoms with van der Waals surface area (Å²) in [7, 11) is 0. The number of fused-ring (bicyclic) bond motifs is 6. The fourth-order valence-electron chi connectivity index (χ4n) is 7.43. The predicted molar refractivity (Wildman–Crippen MR) is 230 cm³/mol. The second kappa shape index (κ2) is 14.5. The fraction of sp³-hybridized carbons (Fsp3) is 0. The van der Waals surface area contributed by atoms with Crippen molar-refractivity contribution in [1.82, 2.24) is 0 Å². The molecule has 2 nitrogen and oxygen atoms in total. The molecular formula is C52H36O2. The molecule has 0 saturated heterocycles. The maximum atomic E-state index is 6.38. The second-order valence-electron chi connectivity index (χ2n) is 13.3. The number of allylic oxidation sites excluding steroid dienone is 6. The Kier molecular flexibility index (Phi) is 8.76. The molecule has 256 valence electrons. The Labute approximate surface area is 314 Å². The first kappa shape index (κ1) is 32.7. The lowest BCUT2D eigenvalue weighted by atomic mass is 9.93. The van der Waals surface area contributed by atoms with Gasteiger partial charge in [0.05, 0.1) is 0 Å². The first-order valence-corrected chi connectivity index (χ1v) is 18.2. The molecular weight excluding hydrogens is 657 g/mol. The lowest BCUT2D eigenvalue weighted by Gasteiger charge is -2.11. The fourth-order valence-corrected chi connectivity index (χ4v) is 7.43. The summed E-state index contributed by atoms with van der Waals surface area (Å²) in [6.45, 7) is 4.52. The Bertz CT molecular complexity index is 3010. The highest BCUT2D eigenvalue weighted by atomic mass is 16.3. The summed E-state index contributed by atoms with van der Waals surface area (Å²) in [5.41, 5.74) is 9.05. The molecule has 0 unspecified atom stereocenters. The SMILES string of the molecule is C=C(\C=C/C=C/C=C/c1oc2ccccc2c1-c1ccc2c(c1)oc1ccccc12)c1ccccccc(-c2cccc3ccccc23)c2ccccc12. The van der Waals surface area contributed by atoms with Crippen LogP contribution in [0.1, 0.15) is 11.3 Å². The number of para-hydroxylation sites is 2. The summed E-state index contributed by atoms with van der Waals surface area (Å²) in [4.78, 5) is 0. The van der Waals surface area contributed by atoms with Gasteiger partial charge in [0.15, 0.2) is 0 Å². The number of benzene rings is 6. The lowest BCUT2D eigenvalue weighted by Crippen LogP contribution is -1.85. The van der Waals surface area contributed by atoms with Gasteiger partial charge in [0.2, 0.25) is 0 Å². The Hall–Kier alpha value is -7.16. The van der Waals surface area contributed by atoms with E-state index in [9.17, 15) is 0 Å². The van der Waals surface area contributed by atoms with Crippen LogP contribution < -0.4 is 0 Å². The van der Waals surface area contributed by atoms with Gasteiger partial charge in [0, 0.05) is 21.7 Å². The zero-order valence-corrected chi connectivity index (χ0v) is 29.7. The van der Waals surface area contributed by atoms with E-state index >= 15 is 0 Å². The smallest absolute Gasteiger partial charge is 0.136 e. The Morgan fingerprint density at radius 2 is 1.02 bits per heavy atom. The third-order valence-electron chi connectivity index (χ3n) is 9.96. The van der Waals surface area contributed by atoms with E-state index in [2.05, 4.69) is 146 Å². The van der Waals surface area contributed by atoms with Gasteiger partial charge in [-0.1, -0.05) is 183 Å². The first-order valence-electron chi connectivity index (χ1n) is 18.2. The molecule has 0 spiro atoms. The van der Waals surface area contributed by atoms with Crippen LogP contribution in [0.5, 0.6) is 0 Å². The van der Waals surface area contributed by atoms with Crippen LogP contribution in [0, 0.1) is 0 Å². The van der Waals surface area contributed by atoms with Crippen molar-refractivity contribution in [2.45, 2.75) is 0 Å². The molecule has 0 fully saturated rings. The van der Waals surface area contributed by atoms with Crippen molar-refractivity contribution in [2.24, 2.45) is 0 Å². The second-order valence-corrected chi connectivity index (χ2v) is 13.3. The van der Waals surface area contributed by atoms with Gasteiger partial charge < -0.3 is 8.83 Å². The molecule has 7 aromatic carbocycles. The molecule has 9 aromatic rings. The largest absolute Gasteiger partial charge is 0.456 e. The van der Waals surface area contributed by atoms with E-state index in [0.717, 1.165) is 71.7 Å². The summed E-state index contributed by atoms with van der Waals surface area (Å²) in [6.07, 6.45) is 12.2. The molecule has 0 bridgehead atoms. The van der Waals surface area contributed by atoms with Crippen molar-refractivity contribution in [3.8, 4) is 22.3 Å². The third-order valence-corrected chi connectivity index (χ3v) is 9.96. The lowest BCUT2D eigenvalue weighted by molar-refractivity contribution is 0.605. The Balaban J connectivity index is 1.03. The minimum Gasteiger partial charge on any atom is -0.456 e. The molecule has 2 heterocycles. The maximum Gasteiger partial charge on any atom is 0.136 e. The van der Waals surface area contributed by atoms with Crippen LogP contribution in [0.2, 0.25) is 0 Å². The van der Waals surface area contributed by atoms with Crippen LogP contribution >= 0.6 is 0 Å². The van der Waals surface area contributed by atoms with Crippen molar-refractivity contribution in [3.05, 3.63) is 218 Å². The molecule has 0 saturated carbocycles. The van der Waals surface area contributed by atoms with E-state index < -0.39 is 0 Å². The quantitative estimate of drug-likeness (QED) is 0.155. The van der Waals surface area contributed by atoms with Gasteiger partial charge in [-0.3, -0.25) is 0 Å². The zero-order valence-electron chi connectivity index (χ0n) is 29.7. The van der Waals surface area contributed by atoms with Gasteiger partial charge in [-0.25, -0.2) is 0 Å². The zero-order chi connectivity index (χ0) is 36.3. The minimum atomic E-state index is 0.795. The minimum absolute atomic E-state index is 0.795. The molecule has 0 amide bonds. The topological polar surface area (TPSA) is 26.3 Å². The summed E-state index contributed by atoms with van der Waals surface area (Å²) >= 11 is 0. The first-order chi connectivity index (χ1) is 26.7. The number of furan rings is 2. The molecule has 2 aromatic heterocycles. The summed E-state index contributed by atoms with van der Waals surface area (Å²) < 4.78 is 12.6. The third kappa shape index (κ3) is 6.21. The molecule has 2 heteroatoms. The van der Waals surface area contributed by atoms with E-state index in [1.807, 2.05) is 66.8 Å². The standard InChI is InChI=1S/C52H36O2/c1-36(39-22-7-3-4-8-24-44(43-26-13-12-25-41(39)43)42-29-18-21-37-20-10-11-23-40(37)42)19-6-2-5-9-32-50-52(47-28-15-17-31-49(47)53-50)38-33-34-46-45-27-14-16-30-48(45)54-51(46)35-38/h2-35H,1H2/b4-3?,5-2+,7-3?,8-4?,19-6-,22-7?,24-8?,32-9+,39-22?,41-39?,44-24?,44-43?. The van der Waals surface area contributed by atoms with Crippen molar-refractivity contribution in [1.29, 1.82) is 0 Å². The Morgan fingerprint density at radius 1 is 0.426 bits per heavy atom. The van der Waals surface area contributed by atoms with E-state index in [4.69, 9.17) is 8.83 Å². The van der Waals surface area contributed by atoms with Crippen LogP contribution in [0.15, 0.2) is 216 Å². The highest BCUT2D eigenvalue weighted by Crippen LogP contribution is 2.39. The van der Waals surface area contributed by atoms with Crippen LogP contribution in [0.4, 0.5) is 0 Å². The molecule has 9 rings (SSSR count). The monoisotopic (exact) mass is 692 g/mol. The van der Waals surface area contributed by atoms with Gasteiger partial charge in [-0.2, -0.15) is 0 Å². The number of rotatable bonds is 7. The van der Waals surface area contributed by atoms with E-state index in [-0.39, 0.29) is 0 Å². The summed E-state index contributed by atoms with van der Waals surface area (Å²) in [6, 6.07) is 59.1. The molecule has 0 aliphatic heterocycles. The van der Waals surface area contributed by atoms with Crippen LogP contribution in [-0.2, 0) is 0 Å². The van der Waals surface area contributed by atoms with Crippen LogP contribution in [-0.4, -0.2) is 0 Å². The molecule has 0 N–H and O–H groups in total. The van der Waals surface area contributed by atoms with Crippen molar-refractivity contribution in [3.63, 3.8) is 0 Å². The molecule has 0 aliphatic carbocycles. The highest BCUT2D eigenvalue weighted by molar-refractivity contribution is 6.09. The molecule has 0 atom stereocenters. The highest BCUT2D eigenvalue weighted by Gasteiger charge is 2.16.